The summed E-state index contributed by atoms with van der Waals surface area (Å²) in [5.74, 6) is -1.07. The first-order valence-corrected chi connectivity index (χ1v) is 11.4. The van der Waals surface area contributed by atoms with Crippen molar-refractivity contribution in [1.29, 1.82) is 0 Å². The van der Waals surface area contributed by atoms with Crippen LogP contribution in [-0.4, -0.2) is 35.3 Å². The first-order valence-electron chi connectivity index (χ1n) is 11.4. The number of benzene rings is 2. The molecule has 0 aromatic heterocycles. The van der Waals surface area contributed by atoms with Crippen molar-refractivity contribution in [1.82, 2.24) is 4.90 Å². The van der Waals surface area contributed by atoms with E-state index in [2.05, 4.69) is 0 Å². The molecule has 196 valence electrons. The Balaban J connectivity index is 1.66. The number of amides is 1. The topological polar surface area (TPSA) is 49.8 Å². The fraction of sp³-hybridized carbons (Fsp3) is 0.480. The van der Waals surface area contributed by atoms with Crippen LogP contribution in [0.3, 0.4) is 0 Å². The minimum Gasteiger partial charge on any atom is -0.465 e. The van der Waals surface area contributed by atoms with Crippen LogP contribution < -0.4 is 0 Å². The number of carboxylic acid groups (broad SMARTS) is 1. The average Bonchev–Trinajstić information content (AvgIpc) is 3.23. The van der Waals surface area contributed by atoms with E-state index in [4.69, 9.17) is 4.74 Å². The summed E-state index contributed by atoms with van der Waals surface area (Å²) >= 11 is 0. The summed E-state index contributed by atoms with van der Waals surface area (Å²) in [6, 6.07) is 7.00. The van der Waals surface area contributed by atoms with E-state index in [9.17, 15) is 40.6 Å². The Kier molecular flexibility index (Phi) is 6.98. The van der Waals surface area contributed by atoms with E-state index < -0.39 is 53.5 Å². The Labute approximate surface area is 202 Å². The zero-order valence-electron chi connectivity index (χ0n) is 19.1. The number of rotatable bonds is 4. The highest BCUT2D eigenvalue weighted by atomic mass is 19.4. The molecule has 4 nitrogen and oxygen atoms in total. The van der Waals surface area contributed by atoms with E-state index in [1.807, 2.05) is 0 Å². The molecule has 2 aliphatic rings. The lowest BCUT2D eigenvalue weighted by atomic mass is 9.69. The standard InChI is InChI=1S/C25H24F7NO3/c1-13(16-8-17(24(27,28)29)10-18(9-16)25(30,31)32)36-21-7-4-15-11-33(23(34)35)12-20(15)22(21)14-2-5-19(26)6-3-14/h2-3,5-6,8-10,13,15,20-22H,4,7,11-12H2,1H3,(H,34,35)/t13?,15-,20+,21-,22-/m1/s1. The Morgan fingerprint density at radius 3 is 2.08 bits per heavy atom. The Morgan fingerprint density at radius 2 is 1.56 bits per heavy atom. The molecule has 5 atom stereocenters. The highest BCUT2D eigenvalue weighted by Crippen LogP contribution is 2.48. The van der Waals surface area contributed by atoms with Gasteiger partial charge in [-0.15, -0.1) is 0 Å². The number of hydrogen-bond donors (Lipinski definition) is 1. The monoisotopic (exact) mass is 519 g/mol. The van der Waals surface area contributed by atoms with Gasteiger partial charge in [-0.1, -0.05) is 12.1 Å². The average molecular weight is 519 g/mol. The normalized spacial score (nSPS) is 25.5. The molecule has 1 unspecified atom stereocenters. The van der Waals surface area contributed by atoms with Crippen LogP contribution in [0, 0.1) is 17.7 Å². The van der Waals surface area contributed by atoms with Gasteiger partial charge in [0.1, 0.15) is 5.82 Å². The van der Waals surface area contributed by atoms with Crippen LogP contribution in [-0.2, 0) is 17.1 Å². The molecule has 11 heteroatoms. The first-order chi connectivity index (χ1) is 16.7. The maximum atomic E-state index is 13.6. The van der Waals surface area contributed by atoms with E-state index in [-0.39, 0.29) is 30.0 Å². The molecule has 0 spiro atoms. The number of ether oxygens (including phenoxy) is 1. The number of alkyl halides is 6. The quantitative estimate of drug-likeness (QED) is 0.438. The molecule has 1 saturated heterocycles. The lowest BCUT2D eigenvalue weighted by molar-refractivity contribution is -0.143. The molecule has 1 N–H and O–H groups in total. The van der Waals surface area contributed by atoms with Crippen molar-refractivity contribution in [2.75, 3.05) is 13.1 Å². The molecular weight excluding hydrogens is 495 g/mol. The van der Waals surface area contributed by atoms with Crippen molar-refractivity contribution >= 4 is 6.09 Å². The smallest absolute Gasteiger partial charge is 0.416 e. The third-order valence-corrected chi connectivity index (χ3v) is 7.16. The second-order valence-electron chi connectivity index (χ2n) is 9.42. The Morgan fingerprint density at radius 1 is 0.972 bits per heavy atom. The van der Waals surface area contributed by atoms with Gasteiger partial charge in [0.25, 0.3) is 0 Å². The lowest BCUT2D eigenvalue weighted by Crippen LogP contribution is -2.38. The molecular formula is C25H24F7NO3. The zero-order chi connectivity index (χ0) is 26.4. The molecule has 2 fully saturated rings. The van der Waals surface area contributed by atoms with E-state index in [0.29, 0.717) is 37.1 Å². The van der Waals surface area contributed by atoms with Crippen LogP contribution in [0.1, 0.15) is 54.0 Å². The molecule has 1 saturated carbocycles. The van der Waals surface area contributed by atoms with Crippen molar-refractivity contribution in [2.24, 2.45) is 11.8 Å². The van der Waals surface area contributed by atoms with Crippen LogP contribution in [0.5, 0.6) is 0 Å². The van der Waals surface area contributed by atoms with Crippen LogP contribution in [0.2, 0.25) is 0 Å². The van der Waals surface area contributed by atoms with Gasteiger partial charge in [-0.05, 0) is 73.1 Å². The second-order valence-corrected chi connectivity index (χ2v) is 9.42. The summed E-state index contributed by atoms with van der Waals surface area (Å²) in [5.41, 5.74) is -2.44. The first kappa shape index (κ1) is 26.2. The van der Waals surface area contributed by atoms with E-state index >= 15 is 0 Å². The van der Waals surface area contributed by atoms with Crippen molar-refractivity contribution in [3.63, 3.8) is 0 Å². The van der Waals surface area contributed by atoms with Gasteiger partial charge in [-0.3, -0.25) is 0 Å². The van der Waals surface area contributed by atoms with Gasteiger partial charge in [0, 0.05) is 19.0 Å². The van der Waals surface area contributed by atoms with Gasteiger partial charge in [-0.25, -0.2) is 9.18 Å². The molecule has 0 radical (unpaired) electrons. The van der Waals surface area contributed by atoms with Gasteiger partial charge in [0.2, 0.25) is 0 Å². The van der Waals surface area contributed by atoms with Crippen LogP contribution in [0.25, 0.3) is 0 Å². The summed E-state index contributed by atoms with van der Waals surface area (Å²) in [5, 5.41) is 9.46. The van der Waals surface area contributed by atoms with Gasteiger partial charge >= 0.3 is 18.4 Å². The fourth-order valence-electron chi connectivity index (χ4n) is 5.45. The number of fused-ring (bicyclic) bond motifs is 1. The minimum absolute atomic E-state index is 0.0108. The third kappa shape index (κ3) is 5.45. The number of carbonyl (C=O) groups is 1. The molecule has 2 aromatic rings. The third-order valence-electron chi connectivity index (χ3n) is 7.16. The van der Waals surface area contributed by atoms with Crippen molar-refractivity contribution < 1.29 is 45.4 Å². The highest BCUT2D eigenvalue weighted by molar-refractivity contribution is 5.65. The zero-order valence-corrected chi connectivity index (χ0v) is 19.1. The summed E-state index contributed by atoms with van der Waals surface area (Å²) in [4.78, 5) is 12.9. The SMILES string of the molecule is CC(O[C@@H]1CC[C@@H]2CN(C(=O)O)C[C@@H]2[C@H]1c1ccc(F)cc1)c1cc(C(F)(F)F)cc(C(F)(F)F)c1. The van der Waals surface area contributed by atoms with Crippen molar-refractivity contribution in [2.45, 2.75) is 50.2 Å². The van der Waals surface area contributed by atoms with Crippen molar-refractivity contribution in [3.8, 4) is 0 Å². The predicted octanol–water partition coefficient (Wildman–Crippen LogP) is 7.11. The van der Waals surface area contributed by atoms with Gasteiger partial charge in [0.05, 0.1) is 23.3 Å². The van der Waals surface area contributed by atoms with Crippen LogP contribution >= 0.6 is 0 Å². The molecule has 36 heavy (non-hydrogen) atoms. The molecule has 1 aliphatic carbocycles. The highest BCUT2D eigenvalue weighted by Gasteiger charge is 2.47. The fourth-order valence-corrected chi connectivity index (χ4v) is 5.45. The van der Waals surface area contributed by atoms with Gasteiger partial charge in [-0.2, -0.15) is 26.3 Å². The molecule has 1 heterocycles. The molecule has 4 rings (SSSR count). The minimum atomic E-state index is -4.98. The van der Waals surface area contributed by atoms with E-state index in [0.717, 1.165) is 0 Å². The van der Waals surface area contributed by atoms with E-state index in [1.165, 1.54) is 24.0 Å². The number of likely N-dealkylation sites (tertiary alicyclic amines) is 1. The lowest BCUT2D eigenvalue weighted by Gasteiger charge is -2.41. The number of hydrogen-bond acceptors (Lipinski definition) is 2. The Hall–Kier alpha value is -2.82. The predicted molar refractivity (Wildman–Crippen MR) is 115 cm³/mol. The number of nitrogens with zero attached hydrogens (tertiary/aromatic N) is 1. The van der Waals surface area contributed by atoms with Crippen LogP contribution in [0.4, 0.5) is 35.5 Å². The number of halogens is 7. The maximum absolute atomic E-state index is 13.6. The summed E-state index contributed by atoms with van der Waals surface area (Å²) in [6.07, 6.45) is -11.8. The molecule has 2 aromatic carbocycles. The van der Waals surface area contributed by atoms with Gasteiger partial charge < -0.3 is 14.7 Å². The van der Waals surface area contributed by atoms with Crippen molar-refractivity contribution in [3.05, 3.63) is 70.5 Å². The van der Waals surface area contributed by atoms with Crippen LogP contribution in [0.15, 0.2) is 42.5 Å². The second kappa shape index (κ2) is 9.57. The summed E-state index contributed by atoms with van der Waals surface area (Å²) < 4.78 is 99.7. The molecule has 1 amide bonds. The molecule has 0 bridgehead atoms. The summed E-state index contributed by atoms with van der Waals surface area (Å²) in [6.45, 7) is 1.92. The maximum Gasteiger partial charge on any atom is 0.416 e. The summed E-state index contributed by atoms with van der Waals surface area (Å²) in [7, 11) is 0. The largest absolute Gasteiger partial charge is 0.465 e. The van der Waals surface area contributed by atoms with E-state index in [1.54, 1.807) is 12.1 Å². The van der Waals surface area contributed by atoms with Gasteiger partial charge in [0.15, 0.2) is 0 Å². The molecule has 1 aliphatic heterocycles. The Bertz CT molecular complexity index is 1070.